The van der Waals surface area contributed by atoms with Crippen molar-refractivity contribution >= 4 is 17.6 Å². The van der Waals surface area contributed by atoms with Crippen molar-refractivity contribution in [1.29, 1.82) is 0 Å². The van der Waals surface area contributed by atoms with Crippen molar-refractivity contribution in [2.75, 3.05) is 11.1 Å². The van der Waals surface area contributed by atoms with Crippen LogP contribution in [-0.2, 0) is 25.7 Å². The zero-order valence-electron chi connectivity index (χ0n) is 24.6. The van der Waals surface area contributed by atoms with Crippen molar-refractivity contribution in [1.82, 2.24) is 30.3 Å². The molecule has 3 aliphatic rings. The molecular weight excluding hydrogens is 520 g/mol. The summed E-state index contributed by atoms with van der Waals surface area (Å²) < 4.78 is 1.58. The summed E-state index contributed by atoms with van der Waals surface area (Å²) in [5.74, 6) is 2.18. The molecule has 2 heterocycles. The Balaban J connectivity index is 1.04. The van der Waals surface area contributed by atoms with Gasteiger partial charge in [-0.15, -0.1) is 15.3 Å². The minimum atomic E-state index is 0.288. The normalized spacial score (nSPS) is 19.6. The van der Waals surface area contributed by atoms with E-state index in [0.717, 1.165) is 49.4 Å². The molecule has 2 aromatic heterocycles. The van der Waals surface area contributed by atoms with Gasteiger partial charge in [0.05, 0.1) is 5.69 Å². The third kappa shape index (κ3) is 5.64. The maximum atomic E-state index is 6.33. The van der Waals surface area contributed by atoms with Gasteiger partial charge in [0.25, 0.3) is 0 Å². The zero-order valence-corrected chi connectivity index (χ0v) is 24.6. The van der Waals surface area contributed by atoms with Gasteiger partial charge in [0.1, 0.15) is 0 Å². The number of aryl methyl sites for hydroxylation is 4. The molecule has 0 radical (unpaired) electrons. The largest absolute Gasteiger partial charge is 0.368 e. The van der Waals surface area contributed by atoms with E-state index in [1.54, 1.807) is 4.68 Å². The fraction of sp³-hybridized carbons (Fsp3) is 0.471. The van der Waals surface area contributed by atoms with Crippen LogP contribution in [0.4, 0.5) is 17.6 Å². The second kappa shape index (κ2) is 11.8. The van der Waals surface area contributed by atoms with Crippen molar-refractivity contribution in [2.24, 2.45) is 5.92 Å². The van der Waals surface area contributed by atoms with Crippen LogP contribution in [0, 0.1) is 5.92 Å². The molecule has 0 bridgehead atoms. The van der Waals surface area contributed by atoms with Gasteiger partial charge in [0.15, 0.2) is 5.82 Å². The number of aromatic nitrogens is 5. The summed E-state index contributed by atoms with van der Waals surface area (Å²) in [6.45, 7) is 2.41. The second-order valence-corrected chi connectivity index (χ2v) is 12.5. The SMILES string of the molecule is CC(N[C@@H]1CCc2ccc(Nc3nc(N)n(-c4cc5c(nn4)-c4ccccc4CCC5)n3)cc2CC1)C1CCCCC1. The molecule has 218 valence electrons. The van der Waals surface area contributed by atoms with Crippen LogP contribution in [0.5, 0.6) is 0 Å². The molecule has 0 saturated heterocycles. The molecule has 42 heavy (non-hydrogen) atoms. The molecule has 0 amide bonds. The number of nitrogens with two attached hydrogens (primary N) is 1. The van der Waals surface area contributed by atoms with E-state index in [1.165, 1.54) is 72.8 Å². The smallest absolute Gasteiger partial charge is 0.248 e. The number of benzene rings is 2. The number of nitrogens with zero attached hydrogens (tertiary/aromatic N) is 5. The average molecular weight is 563 g/mol. The fourth-order valence-electron chi connectivity index (χ4n) is 7.35. The maximum Gasteiger partial charge on any atom is 0.248 e. The molecule has 4 aromatic rings. The molecule has 8 nitrogen and oxygen atoms in total. The quantitative estimate of drug-likeness (QED) is 0.235. The van der Waals surface area contributed by atoms with E-state index in [4.69, 9.17) is 5.73 Å². The van der Waals surface area contributed by atoms with E-state index in [2.05, 4.69) is 86.4 Å². The highest BCUT2D eigenvalue weighted by molar-refractivity contribution is 5.68. The minimum Gasteiger partial charge on any atom is -0.368 e. The lowest BCUT2D eigenvalue weighted by Crippen LogP contribution is -2.41. The van der Waals surface area contributed by atoms with Crippen LogP contribution in [0.1, 0.15) is 80.5 Å². The summed E-state index contributed by atoms with van der Waals surface area (Å²) in [5.41, 5.74) is 14.8. The first kappa shape index (κ1) is 27.1. The van der Waals surface area contributed by atoms with Crippen LogP contribution >= 0.6 is 0 Å². The molecular formula is C34H42N8. The maximum absolute atomic E-state index is 6.33. The van der Waals surface area contributed by atoms with Crippen molar-refractivity contribution < 1.29 is 0 Å². The first-order valence-electron chi connectivity index (χ1n) is 15.9. The minimum absolute atomic E-state index is 0.288. The average Bonchev–Trinajstić information content (AvgIpc) is 3.16. The van der Waals surface area contributed by atoms with E-state index in [1.807, 2.05) is 0 Å². The fourth-order valence-corrected chi connectivity index (χ4v) is 7.35. The summed E-state index contributed by atoms with van der Waals surface area (Å²) >= 11 is 0. The summed E-state index contributed by atoms with van der Waals surface area (Å²) in [6, 6.07) is 18.4. The molecule has 0 aliphatic heterocycles. The molecule has 0 spiro atoms. The Morgan fingerprint density at radius 2 is 1.62 bits per heavy atom. The van der Waals surface area contributed by atoms with Gasteiger partial charge in [-0.25, -0.2) is 0 Å². The zero-order chi connectivity index (χ0) is 28.5. The van der Waals surface area contributed by atoms with Crippen LogP contribution in [-0.4, -0.2) is 37.0 Å². The third-order valence-electron chi connectivity index (χ3n) is 9.72. The summed E-state index contributed by atoms with van der Waals surface area (Å²) in [7, 11) is 0. The van der Waals surface area contributed by atoms with Gasteiger partial charge >= 0.3 is 0 Å². The highest BCUT2D eigenvalue weighted by Crippen LogP contribution is 2.32. The van der Waals surface area contributed by atoms with E-state index >= 15 is 0 Å². The number of fused-ring (bicyclic) bond motifs is 4. The molecule has 8 heteroatoms. The molecule has 7 rings (SSSR count). The first-order chi connectivity index (χ1) is 20.6. The number of hydrogen-bond donors (Lipinski definition) is 3. The van der Waals surface area contributed by atoms with Gasteiger partial charge in [-0.05, 0) is 111 Å². The van der Waals surface area contributed by atoms with Crippen molar-refractivity contribution in [3.8, 4) is 17.1 Å². The van der Waals surface area contributed by atoms with E-state index in [9.17, 15) is 0 Å². The van der Waals surface area contributed by atoms with Gasteiger partial charge in [-0.3, -0.25) is 0 Å². The molecule has 1 unspecified atom stereocenters. The molecule has 1 saturated carbocycles. The van der Waals surface area contributed by atoms with Gasteiger partial charge in [-0.2, -0.15) is 9.67 Å². The highest BCUT2D eigenvalue weighted by atomic mass is 15.4. The van der Waals surface area contributed by atoms with Gasteiger partial charge in [0, 0.05) is 23.3 Å². The predicted octanol–water partition coefficient (Wildman–Crippen LogP) is 6.34. The highest BCUT2D eigenvalue weighted by Gasteiger charge is 2.24. The van der Waals surface area contributed by atoms with Gasteiger partial charge in [-0.1, -0.05) is 49.6 Å². The lowest BCUT2D eigenvalue weighted by Gasteiger charge is -2.31. The monoisotopic (exact) mass is 562 g/mol. The van der Waals surface area contributed by atoms with Crippen molar-refractivity contribution in [3.63, 3.8) is 0 Å². The summed E-state index contributed by atoms with van der Waals surface area (Å²) in [5, 5.41) is 21.2. The molecule has 2 atom stereocenters. The number of rotatable bonds is 6. The van der Waals surface area contributed by atoms with E-state index in [-0.39, 0.29) is 5.95 Å². The molecule has 3 aliphatic carbocycles. The molecule has 1 fully saturated rings. The number of nitrogen functional groups attached to an aromatic ring is 1. The lowest BCUT2D eigenvalue weighted by molar-refractivity contribution is 0.257. The Morgan fingerprint density at radius 3 is 2.50 bits per heavy atom. The summed E-state index contributed by atoms with van der Waals surface area (Å²) in [6.07, 6.45) is 14.6. The van der Waals surface area contributed by atoms with E-state index in [0.29, 0.717) is 23.8 Å². The van der Waals surface area contributed by atoms with Gasteiger partial charge < -0.3 is 16.4 Å². The Hall–Kier alpha value is -3.78. The lowest BCUT2D eigenvalue weighted by atomic mass is 9.84. The van der Waals surface area contributed by atoms with Crippen molar-refractivity contribution in [3.05, 3.63) is 70.8 Å². The standard InChI is InChI=1S/C34H42N8/c1-22(23-8-3-2-4-9-23)36-28-17-14-24-15-19-29(20-26(24)16-18-28)37-34-38-33(35)42(41-34)31-21-27-12-7-11-25-10-5-6-13-30(25)32(27)40-39-31/h5-6,10,13,15,19-23,28,36H,2-4,7-9,11-12,14,16-18H2,1H3,(H3,35,37,38,41)/t22?,28-/m1/s1. The predicted molar refractivity (Wildman–Crippen MR) is 168 cm³/mol. The van der Waals surface area contributed by atoms with Gasteiger partial charge in [0.2, 0.25) is 11.9 Å². The van der Waals surface area contributed by atoms with Crippen LogP contribution in [0.15, 0.2) is 48.5 Å². The second-order valence-electron chi connectivity index (χ2n) is 12.5. The number of hydrogen-bond acceptors (Lipinski definition) is 7. The Morgan fingerprint density at radius 1 is 0.810 bits per heavy atom. The Kier molecular flexibility index (Phi) is 7.63. The molecule has 4 N–H and O–H groups in total. The van der Waals surface area contributed by atoms with Crippen LogP contribution in [0.25, 0.3) is 17.1 Å². The third-order valence-corrected chi connectivity index (χ3v) is 9.72. The van der Waals surface area contributed by atoms with E-state index < -0.39 is 0 Å². The number of nitrogens with one attached hydrogen (secondary N) is 2. The Labute approximate surface area is 248 Å². The first-order valence-corrected chi connectivity index (χ1v) is 15.9. The van der Waals surface area contributed by atoms with Crippen LogP contribution in [0.3, 0.4) is 0 Å². The topological polar surface area (TPSA) is 107 Å². The number of anilines is 3. The molecule has 2 aromatic carbocycles. The Bertz CT molecular complexity index is 1550. The summed E-state index contributed by atoms with van der Waals surface area (Å²) in [4.78, 5) is 4.51. The van der Waals surface area contributed by atoms with Crippen molar-refractivity contribution in [2.45, 2.75) is 96.1 Å². The van der Waals surface area contributed by atoms with Crippen LogP contribution < -0.4 is 16.4 Å². The van der Waals surface area contributed by atoms with Crippen LogP contribution in [0.2, 0.25) is 0 Å².